The van der Waals surface area contributed by atoms with E-state index in [-0.39, 0.29) is 6.54 Å². The number of benzene rings is 1. The molecule has 1 heterocycles. The number of amides is 4. The van der Waals surface area contributed by atoms with E-state index in [1.807, 2.05) is 19.1 Å². The van der Waals surface area contributed by atoms with Crippen molar-refractivity contribution in [1.82, 2.24) is 10.2 Å². The Bertz CT molecular complexity index is 595. The van der Waals surface area contributed by atoms with Gasteiger partial charge in [-0.15, -0.1) is 0 Å². The van der Waals surface area contributed by atoms with Crippen LogP contribution in [0.3, 0.4) is 0 Å². The molecule has 1 saturated heterocycles. The van der Waals surface area contributed by atoms with Crippen LogP contribution in [0.2, 0.25) is 0 Å². The zero-order valence-corrected chi connectivity index (χ0v) is 11.5. The summed E-state index contributed by atoms with van der Waals surface area (Å²) in [5.41, 5.74) is 0.363. The molecule has 21 heavy (non-hydrogen) atoms. The first kappa shape index (κ1) is 14.9. The van der Waals surface area contributed by atoms with Crippen LogP contribution in [-0.4, -0.2) is 29.3 Å². The first-order chi connectivity index (χ1) is 10.0. The molecule has 1 unspecified atom stereocenters. The number of nitrogens with one attached hydrogen (secondary N) is 1. The number of hydrogen-bond donors (Lipinski definition) is 1. The minimum Gasteiger partial charge on any atom is -0.277 e. The predicted octanol–water partition coefficient (Wildman–Crippen LogP) is 1.95. The minimum absolute atomic E-state index is 0.194. The maximum Gasteiger partial charge on any atom is 0.330 e. The van der Waals surface area contributed by atoms with E-state index in [1.54, 1.807) is 0 Å². The van der Waals surface area contributed by atoms with Crippen LogP contribution in [0, 0.1) is 5.82 Å². The number of rotatable bonds is 4. The van der Waals surface area contributed by atoms with Crippen LogP contribution in [0.5, 0.6) is 0 Å². The van der Waals surface area contributed by atoms with Crippen molar-refractivity contribution >= 4 is 17.8 Å². The first-order valence-electron chi connectivity index (χ1n) is 6.57. The second-order valence-electron chi connectivity index (χ2n) is 4.63. The van der Waals surface area contributed by atoms with Gasteiger partial charge in [0.1, 0.15) is 11.7 Å². The third kappa shape index (κ3) is 3.16. The number of carbonyl (C=O) groups is 3. The van der Waals surface area contributed by atoms with Crippen molar-refractivity contribution in [3.05, 3.63) is 47.8 Å². The SMILES string of the molecule is C/C=C/CCN1C(=O)NC(=O)C(c2ccc(F)cc2)C1=O. The molecule has 110 valence electrons. The molecule has 0 bridgehead atoms. The summed E-state index contributed by atoms with van der Waals surface area (Å²) in [6.07, 6.45) is 4.15. The van der Waals surface area contributed by atoms with Crippen molar-refractivity contribution in [1.29, 1.82) is 0 Å². The van der Waals surface area contributed by atoms with Crippen molar-refractivity contribution < 1.29 is 18.8 Å². The van der Waals surface area contributed by atoms with Gasteiger partial charge in [0.05, 0.1) is 0 Å². The molecule has 0 aromatic heterocycles. The van der Waals surface area contributed by atoms with E-state index in [2.05, 4.69) is 5.32 Å². The van der Waals surface area contributed by atoms with E-state index in [0.29, 0.717) is 12.0 Å². The summed E-state index contributed by atoms with van der Waals surface area (Å²) in [6.45, 7) is 2.03. The van der Waals surface area contributed by atoms with Crippen molar-refractivity contribution in [2.75, 3.05) is 6.54 Å². The zero-order valence-electron chi connectivity index (χ0n) is 11.5. The molecule has 0 aliphatic carbocycles. The molecule has 1 N–H and O–H groups in total. The molecule has 1 aliphatic rings. The standard InChI is InChI=1S/C15H15FN2O3/c1-2-3-4-9-18-14(20)12(13(19)17-15(18)21)10-5-7-11(16)8-6-10/h2-3,5-8,12H,4,9H2,1H3,(H,17,19,21)/b3-2+. The Morgan fingerprint density at radius 2 is 1.90 bits per heavy atom. The largest absolute Gasteiger partial charge is 0.330 e. The summed E-state index contributed by atoms with van der Waals surface area (Å²) >= 11 is 0. The Morgan fingerprint density at radius 1 is 1.24 bits per heavy atom. The molecule has 0 saturated carbocycles. The molecule has 2 rings (SSSR count). The fraction of sp³-hybridized carbons (Fsp3) is 0.267. The number of allylic oxidation sites excluding steroid dienone is 1. The fourth-order valence-electron chi connectivity index (χ4n) is 2.14. The van der Waals surface area contributed by atoms with Gasteiger partial charge in [0.2, 0.25) is 11.8 Å². The molecule has 0 radical (unpaired) electrons. The lowest BCUT2D eigenvalue weighted by atomic mass is 9.95. The molecular formula is C15H15FN2O3. The van der Waals surface area contributed by atoms with Crippen molar-refractivity contribution in [2.45, 2.75) is 19.3 Å². The second-order valence-corrected chi connectivity index (χ2v) is 4.63. The molecule has 1 aromatic carbocycles. The summed E-state index contributed by atoms with van der Waals surface area (Å²) in [5.74, 6) is -2.84. The highest BCUT2D eigenvalue weighted by Crippen LogP contribution is 2.23. The third-order valence-electron chi connectivity index (χ3n) is 3.21. The van der Waals surface area contributed by atoms with Gasteiger partial charge in [0.15, 0.2) is 0 Å². The van der Waals surface area contributed by atoms with E-state index in [1.165, 1.54) is 24.3 Å². The minimum atomic E-state index is -1.12. The number of imide groups is 2. The van der Waals surface area contributed by atoms with Crippen molar-refractivity contribution in [2.24, 2.45) is 0 Å². The van der Waals surface area contributed by atoms with Crippen LogP contribution in [0.15, 0.2) is 36.4 Å². The predicted molar refractivity (Wildman–Crippen MR) is 73.8 cm³/mol. The van der Waals surface area contributed by atoms with Gasteiger partial charge < -0.3 is 0 Å². The van der Waals surface area contributed by atoms with Crippen LogP contribution in [0.4, 0.5) is 9.18 Å². The Labute approximate surface area is 121 Å². The lowest BCUT2D eigenvalue weighted by Gasteiger charge is -2.30. The number of urea groups is 1. The first-order valence-corrected chi connectivity index (χ1v) is 6.57. The normalized spacial score (nSPS) is 19.2. The average molecular weight is 290 g/mol. The Balaban J connectivity index is 2.24. The van der Waals surface area contributed by atoms with Crippen LogP contribution < -0.4 is 5.32 Å². The number of carbonyl (C=O) groups excluding carboxylic acids is 3. The van der Waals surface area contributed by atoms with E-state index in [9.17, 15) is 18.8 Å². The Hall–Kier alpha value is -2.50. The lowest BCUT2D eigenvalue weighted by Crippen LogP contribution is -2.56. The Morgan fingerprint density at radius 3 is 2.52 bits per heavy atom. The quantitative estimate of drug-likeness (QED) is 0.681. The monoisotopic (exact) mass is 290 g/mol. The molecule has 0 spiro atoms. The fourth-order valence-corrected chi connectivity index (χ4v) is 2.14. The maximum atomic E-state index is 12.9. The molecule has 5 nitrogen and oxygen atoms in total. The third-order valence-corrected chi connectivity index (χ3v) is 3.21. The number of halogens is 1. The van der Waals surface area contributed by atoms with Gasteiger partial charge in [0, 0.05) is 6.54 Å². The molecule has 1 aromatic rings. The highest BCUT2D eigenvalue weighted by molar-refractivity contribution is 6.19. The molecule has 4 amide bonds. The summed E-state index contributed by atoms with van der Waals surface area (Å²) in [7, 11) is 0. The van der Waals surface area contributed by atoms with Gasteiger partial charge in [-0.2, -0.15) is 0 Å². The van der Waals surface area contributed by atoms with Gasteiger partial charge in [-0.05, 0) is 31.0 Å². The molecule has 1 aliphatic heterocycles. The van der Waals surface area contributed by atoms with E-state index in [0.717, 1.165) is 4.90 Å². The van der Waals surface area contributed by atoms with Crippen LogP contribution in [0.1, 0.15) is 24.8 Å². The van der Waals surface area contributed by atoms with E-state index >= 15 is 0 Å². The van der Waals surface area contributed by atoms with Crippen LogP contribution in [-0.2, 0) is 9.59 Å². The van der Waals surface area contributed by atoms with Crippen molar-refractivity contribution in [3.8, 4) is 0 Å². The van der Waals surface area contributed by atoms with Gasteiger partial charge in [-0.3, -0.25) is 19.8 Å². The van der Waals surface area contributed by atoms with Crippen LogP contribution >= 0.6 is 0 Å². The lowest BCUT2D eigenvalue weighted by molar-refractivity contribution is -0.138. The van der Waals surface area contributed by atoms with Gasteiger partial charge in [-0.25, -0.2) is 9.18 Å². The van der Waals surface area contributed by atoms with Gasteiger partial charge in [-0.1, -0.05) is 24.3 Å². The maximum absolute atomic E-state index is 12.9. The highest BCUT2D eigenvalue weighted by Gasteiger charge is 2.40. The van der Waals surface area contributed by atoms with E-state index in [4.69, 9.17) is 0 Å². The Kier molecular flexibility index (Phi) is 4.47. The smallest absolute Gasteiger partial charge is 0.277 e. The summed E-state index contributed by atoms with van der Waals surface area (Å²) < 4.78 is 12.9. The van der Waals surface area contributed by atoms with Gasteiger partial charge in [0.25, 0.3) is 0 Å². The highest BCUT2D eigenvalue weighted by atomic mass is 19.1. The van der Waals surface area contributed by atoms with Crippen LogP contribution in [0.25, 0.3) is 0 Å². The molecule has 1 fully saturated rings. The zero-order chi connectivity index (χ0) is 15.4. The van der Waals surface area contributed by atoms with E-state index < -0.39 is 29.6 Å². The number of nitrogens with zero attached hydrogens (tertiary/aromatic N) is 1. The molecule has 1 atom stereocenters. The average Bonchev–Trinajstić information content (AvgIpc) is 2.44. The van der Waals surface area contributed by atoms with Crippen molar-refractivity contribution in [3.63, 3.8) is 0 Å². The molecule has 6 heteroatoms. The topological polar surface area (TPSA) is 66.5 Å². The van der Waals surface area contributed by atoms with Gasteiger partial charge >= 0.3 is 6.03 Å². The second kappa shape index (κ2) is 6.30. The number of barbiturate groups is 1. The summed E-state index contributed by atoms with van der Waals surface area (Å²) in [6, 6.07) is 4.38. The molecular weight excluding hydrogens is 275 g/mol. The summed E-state index contributed by atoms with van der Waals surface area (Å²) in [4.78, 5) is 37.0. The number of hydrogen-bond acceptors (Lipinski definition) is 3. The summed E-state index contributed by atoms with van der Waals surface area (Å²) in [5, 5.41) is 2.16.